The fourth-order valence-electron chi connectivity index (χ4n) is 4.26. The largest absolute Gasteiger partial charge is 0.496 e. The van der Waals surface area contributed by atoms with E-state index in [0.29, 0.717) is 16.9 Å². The van der Waals surface area contributed by atoms with E-state index >= 15 is 0 Å². The van der Waals surface area contributed by atoms with Crippen LogP contribution < -0.4 is 10.1 Å². The number of nitrogens with one attached hydrogen (secondary N) is 1. The van der Waals surface area contributed by atoms with Crippen molar-refractivity contribution in [2.75, 3.05) is 20.3 Å². The van der Waals surface area contributed by atoms with Gasteiger partial charge in [0.2, 0.25) is 0 Å². The predicted octanol–water partition coefficient (Wildman–Crippen LogP) is 4.37. The van der Waals surface area contributed by atoms with Crippen molar-refractivity contribution < 1.29 is 24.5 Å². The molecule has 33 heavy (non-hydrogen) atoms. The number of benzene rings is 3. The summed E-state index contributed by atoms with van der Waals surface area (Å²) >= 11 is 5.92. The number of carbonyl (C=O) groups excluding carboxylic acids is 1. The summed E-state index contributed by atoms with van der Waals surface area (Å²) in [5, 5.41) is 23.4. The lowest BCUT2D eigenvalue weighted by Crippen LogP contribution is -2.36. The first-order valence-corrected chi connectivity index (χ1v) is 11.2. The van der Waals surface area contributed by atoms with Gasteiger partial charge >= 0.3 is 6.09 Å². The number of methoxy groups -OCH3 is 1. The molecule has 0 spiro atoms. The Morgan fingerprint density at radius 3 is 2.27 bits per heavy atom. The van der Waals surface area contributed by atoms with Gasteiger partial charge in [-0.25, -0.2) is 4.79 Å². The van der Waals surface area contributed by atoms with E-state index in [1.54, 1.807) is 18.2 Å². The number of fused-ring (bicyclic) bond motifs is 3. The van der Waals surface area contributed by atoms with Crippen LogP contribution in [0.15, 0.2) is 66.7 Å². The second-order valence-corrected chi connectivity index (χ2v) is 8.19. The molecule has 7 heteroatoms. The lowest BCUT2D eigenvalue weighted by atomic mass is 9.98. The van der Waals surface area contributed by atoms with Crippen molar-refractivity contribution in [3.8, 4) is 16.9 Å². The Kier molecular flexibility index (Phi) is 7.18. The van der Waals surface area contributed by atoms with Gasteiger partial charge in [-0.05, 0) is 39.9 Å². The van der Waals surface area contributed by atoms with Gasteiger partial charge < -0.3 is 25.0 Å². The standard InChI is InChI=1S/C26H26ClNO5/c1-32-24-11-10-16(12-17(24)13-27)25(30)23(29)14-28-26(31)33-15-22-20-8-4-2-6-18(20)19-7-3-5-9-21(19)22/h2-12,22-23,25,29-30H,13-15H2,1H3,(H,28,31). The third kappa shape index (κ3) is 4.83. The average molecular weight is 468 g/mol. The SMILES string of the molecule is COc1ccc(C(O)C(O)CNC(=O)OCC2c3ccccc3-c3ccccc32)cc1CCl. The minimum Gasteiger partial charge on any atom is -0.496 e. The molecule has 0 bridgehead atoms. The number of hydrogen-bond acceptors (Lipinski definition) is 5. The number of amides is 1. The summed E-state index contributed by atoms with van der Waals surface area (Å²) in [5.74, 6) is 0.761. The summed E-state index contributed by atoms with van der Waals surface area (Å²) in [7, 11) is 1.54. The second kappa shape index (κ2) is 10.3. The van der Waals surface area contributed by atoms with Crippen molar-refractivity contribution >= 4 is 17.7 Å². The van der Waals surface area contributed by atoms with Gasteiger partial charge in [-0.2, -0.15) is 0 Å². The molecule has 0 radical (unpaired) electrons. The number of rotatable bonds is 8. The van der Waals surface area contributed by atoms with Crippen LogP contribution in [0.3, 0.4) is 0 Å². The van der Waals surface area contributed by atoms with Gasteiger partial charge in [-0.15, -0.1) is 11.6 Å². The zero-order valence-corrected chi connectivity index (χ0v) is 19.0. The smallest absolute Gasteiger partial charge is 0.407 e. The normalized spacial score (nSPS) is 14.2. The topological polar surface area (TPSA) is 88.0 Å². The van der Waals surface area contributed by atoms with Crippen LogP contribution in [-0.2, 0) is 10.6 Å². The average Bonchev–Trinajstić information content (AvgIpc) is 3.18. The third-order valence-electron chi connectivity index (χ3n) is 5.95. The molecule has 172 valence electrons. The van der Waals surface area contributed by atoms with Gasteiger partial charge in [0.15, 0.2) is 0 Å². The second-order valence-electron chi connectivity index (χ2n) is 7.92. The first-order valence-electron chi connectivity index (χ1n) is 10.7. The molecule has 1 aliphatic rings. The minimum absolute atomic E-state index is 0.0491. The number of alkyl carbamates (subject to hydrolysis) is 1. The van der Waals surface area contributed by atoms with E-state index < -0.39 is 18.3 Å². The zero-order valence-electron chi connectivity index (χ0n) is 18.2. The van der Waals surface area contributed by atoms with Crippen molar-refractivity contribution in [1.29, 1.82) is 0 Å². The van der Waals surface area contributed by atoms with Crippen molar-refractivity contribution in [3.05, 3.63) is 89.0 Å². The van der Waals surface area contributed by atoms with Gasteiger partial charge in [0.1, 0.15) is 24.6 Å². The molecule has 0 saturated heterocycles. The number of aliphatic hydroxyl groups excluding tert-OH is 2. The van der Waals surface area contributed by atoms with Crippen LogP contribution in [0.5, 0.6) is 5.75 Å². The molecule has 2 unspecified atom stereocenters. The van der Waals surface area contributed by atoms with E-state index in [9.17, 15) is 15.0 Å². The van der Waals surface area contributed by atoms with Crippen LogP contribution in [0, 0.1) is 0 Å². The molecule has 2 atom stereocenters. The molecular weight excluding hydrogens is 442 g/mol. The van der Waals surface area contributed by atoms with Crippen LogP contribution >= 0.6 is 11.6 Å². The number of aliphatic hydroxyl groups is 2. The molecule has 0 fully saturated rings. The van der Waals surface area contributed by atoms with Crippen LogP contribution in [0.4, 0.5) is 4.79 Å². The highest BCUT2D eigenvalue weighted by Gasteiger charge is 2.29. The third-order valence-corrected chi connectivity index (χ3v) is 6.24. The molecular formula is C26H26ClNO5. The van der Waals surface area contributed by atoms with Gasteiger partial charge in [0.25, 0.3) is 0 Å². The number of halogens is 1. The molecule has 3 aromatic carbocycles. The lowest BCUT2D eigenvalue weighted by molar-refractivity contribution is 0.0185. The molecule has 3 N–H and O–H groups in total. The highest BCUT2D eigenvalue weighted by molar-refractivity contribution is 6.17. The molecule has 1 amide bonds. The lowest BCUT2D eigenvalue weighted by Gasteiger charge is -2.20. The summed E-state index contributed by atoms with van der Waals surface area (Å²) in [6, 6.07) is 21.2. The monoisotopic (exact) mass is 467 g/mol. The van der Waals surface area contributed by atoms with Crippen LogP contribution in [-0.4, -0.2) is 42.7 Å². The number of ether oxygens (including phenoxy) is 2. The Balaban J connectivity index is 1.34. The summed E-state index contributed by atoms with van der Waals surface area (Å²) in [6.45, 7) is 0.0101. The van der Waals surface area contributed by atoms with Crippen molar-refractivity contribution in [2.24, 2.45) is 0 Å². The zero-order chi connectivity index (χ0) is 23.4. The summed E-state index contributed by atoms with van der Waals surface area (Å²) < 4.78 is 10.7. The molecule has 0 saturated carbocycles. The number of hydrogen-bond donors (Lipinski definition) is 3. The number of carbonyl (C=O) groups is 1. The maximum Gasteiger partial charge on any atom is 0.407 e. The highest BCUT2D eigenvalue weighted by atomic mass is 35.5. The van der Waals surface area contributed by atoms with Crippen molar-refractivity contribution in [3.63, 3.8) is 0 Å². The van der Waals surface area contributed by atoms with Gasteiger partial charge in [-0.1, -0.05) is 54.6 Å². The Morgan fingerprint density at radius 2 is 1.67 bits per heavy atom. The predicted molar refractivity (Wildman–Crippen MR) is 127 cm³/mol. The van der Waals surface area contributed by atoms with E-state index in [2.05, 4.69) is 17.4 Å². The van der Waals surface area contributed by atoms with E-state index in [1.807, 2.05) is 36.4 Å². The Morgan fingerprint density at radius 1 is 1.03 bits per heavy atom. The molecule has 6 nitrogen and oxygen atoms in total. The summed E-state index contributed by atoms with van der Waals surface area (Å²) in [4.78, 5) is 12.3. The van der Waals surface area contributed by atoms with Gasteiger partial charge in [0, 0.05) is 18.0 Å². The Bertz CT molecular complexity index is 1090. The van der Waals surface area contributed by atoms with E-state index in [0.717, 1.165) is 22.3 Å². The summed E-state index contributed by atoms with van der Waals surface area (Å²) in [6.07, 6.45) is -3.08. The van der Waals surface area contributed by atoms with E-state index in [4.69, 9.17) is 21.1 Å². The van der Waals surface area contributed by atoms with Crippen LogP contribution in [0.2, 0.25) is 0 Å². The Hall–Kier alpha value is -3.06. The fraction of sp³-hybridized carbons (Fsp3) is 0.269. The molecule has 0 aliphatic heterocycles. The number of alkyl halides is 1. The quantitative estimate of drug-likeness (QED) is 0.428. The molecule has 3 aromatic rings. The maximum atomic E-state index is 12.3. The molecule has 0 aromatic heterocycles. The van der Waals surface area contributed by atoms with Crippen molar-refractivity contribution in [1.82, 2.24) is 5.32 Å². The van der Waals surface area contributed by atoms with Crippen LogP contribution in [0.1, 0.15) is 34.3 Å². The van der Waals surface area contributed by atoms with E-state index in [1.165, 1.54) is 7.11 Å². The Labute approximate surface area is 197 Å². The van der Waals surface area contributed by atoms with E-state index in [-0.39, 0.29) is 24.9 Å². The fourth-order valence-corrected chi connectivity index (χ4v) is 4.47. The molecule has 4 rings (SSSR count). The molecule has 1 aliphatic carbocycles. The minimum atomic E-state index is -1.22. The summed E-state index contributed by atoms with van der Waals surface area (Å²) in [5.41, 5.74) is 5.72. The van der Waals surface area contributed by atoms with Gasteiger partial charge in [0.05, 0.1) is 13.0 Å². The highest BCUT2D eigenvalue weighted by Crippen LogP contribution is 2.44. The first kappa shape index (κ1) is 23.1. The van der Waals surface area contributed by atoms with Gasteiger partial charge in [-0.3, -0.25) is 0 Å². The molecule has 0 heterocycles. The first-order chi connectivity index (χ1) is 16.0. The maximum absolute atomic E-state index is 12.3. The van der Waals surface area contributed by atoms with Crippen molar-refractivity contribution in [2.45, 2.75) is 24.0 Å². The van der Waals surface area contributed by atoms with Crippen LogP contribution in [0.25, 0.3) is 11.1 Å².